The third-order valence-electron chi connectivity index (χ3n) is 4.00. The number of carbonyl (C=O) groups excluding carboxylic acids is 2. The Labute approximate surface area is 147 Å². The number of aromatic nitrogens is 1. The van der Waals surface area contributed by atoms with Gasteiger partial charge in [-0.15, -0.1) is 0 Å². The van der Waals surface area contributed by atoms with E-state index < -0.39 is 6.04 Å². The van der Waals surface area contributed by atoms with E-state index in [0.29, 0.717) is 6.42 Å². The molecule has 0 fully saturated rings. The van der Waals surface area contributed by atoms with Crippen molar-refractivity contribution in [2.24, 2.45) is 0 Å². The van der Waals surface area contributed by atoms with Gasteiger partial charge in [0, 0.05) is 35.8 Å². The fourth-order valence-corrected chi connectivity index (χ4v) is 3.36. The third kappa shape index (κ3) is 4.32. The summed E-state index contributed by atoms with van der Waals surface area (Å²) < 4.78 is 2.24. The Balaban J connectivity index is 2.17. The van der Waals surface area contributed by atoms with Crippen molar-refractivity contribution in [3.63, 3.8) is 0 Å². The summed E-state index contributed by atoms with van der Waals surface area (Å²) in [6.07, 6.45) is 2.59. The van der Waals surface area contributed by atoms with Gasteiger partial charge in [-0.25, -0.2) is 0 Å². The summed E-state index contributed by atoms with van der Waals surface area (Å²) in [6, 6.07) is 7.52. The lowest BCUT2D eigenvalue weighted by atomic mass is 10.2. The first-order valence-corrected chi connectivity index (χ1v) is 9.52. The molecule has 2 amide bonds. The van der Waals surface area contributed by atoms with E-state index in [0.717, 1.165) is 28.9 Å². The van der Waals surface area contributed by atoms with Gasteiger partial charge in [-0.05, 0) is 56.5 Å². The van der Waals surface area contributed by atoms with E-state index in [2.05, 4.69) is 35.1 Å². The van der Waals surface area contributed by atoms with Crippen LogP contribution in [0, 0.1) is 6.92 Å². The Morgan fingerprint density at radius 3 is 2.67 bits per heavy atom. The second kappa shape index (κ2) is 8.24. The number of anilines is 1. The van der Waals surface area contributed by atoms with Gasteiger partial charge in [-0.2, -0.15) is 11.8 Å². The molecule has 0 aliphatic heterocycles. The molecule has 1 atom stereocenters. The number of benzene rings is 1. The van der Waals surface area contributed by atoms with Crippen molar-refractivity contribution >= 4 is 40.2 Å². The number of nitrogens with zero attached hydrogens (tertiary/aromatic N) is 1. The van der Waals surface area contributed by atoms with E-state index in [-0.39, 0.29) is 11.8 Å². The fourth-order valence-electron chi connectivity index (χ4n) is 2.89. The maximum absolute atomic E-state index is 12.5. The van der Waals surface area contributed by atoms with Gasteiger partial charge < -0.3 is 15.2 Å². The van der Waals surface area contributed by atoms with Crippen LogP contribution in [0.4, 0.5) is 5.69 Å². The highest BCUT2D eigenvalue weighted by molar-refractivity contribution is 7.98. The number of carbonyl (C=O) groups is 2. The van der Waals surface area contributed by atoms with Crippen molar-refractivity contribution in [1.82, 2.24) is 9.88 Å². The average molecular weight is 347 g/mol. The molecule has 130 valence electrons. The molecular formula is C18H25N3O2S. The highest BCUT2D eigenvalue weighted by Gasteiger charge is 2.19. The molecule has 0 aliphatic rings. The van der Waals surface area contributed by atoms with Gasteiger partial charge in [0.15, 0.2) is 0 Å². The first kappa shape index (κ1) is 18.4. The predicted octanol–water partition coefficient (Wildman–Crippen LogP) is 3.17. The van der Waals surface area contributed by atoms with E-state index >= 15 is 0 Å². The molecule has 1 aromatic carbocycles. The molecule has 0 radical (unpaired) electrons. The summed E-state index contributed by atoms with van der Waals surface area (Å²) in [5.41, 5.74) is 3.11. The molecule has 2 aromatic rings. The quantitative estimate of drug-likeness (QED) is 0.809. The van der Waals surface area contributed by atoms with E-state index in [9.17, 15) is 9.59 Å². The molecular weight excluding hydrogens is 322 g/mol. The summed E-state index contributed by atoms with van der Waals surface area (Å²) >= 11 is 1.66. The Morgan fingerprint density at radius 1 is 1.29 bits per heavy atom. The molecule has 24 heavy (non-hydrogen) atoms. The first-order valence-electron chi connectivity index (χ1n) is 8.13. The number of thioether (sulfide) groups is 1. The number of aryl methyl sites for hydroxylation is 2. The van der Waals surface area contributed by atoms with Crippen LogP contribution in [-0.2, 0) is 16.1 Å². The van der Waals surface area contributed by atoms with Gasteiger partial charge in [-0.3, -0.25) is 9.59 Å². The normalized spacial score (nSPS) is 12.2. The highest BCUT2D eigenvalue weighted by Crippen LogP contribution is 2.23. The minimum atomic E-state index is -0.507. The van der Waals surface area contributed by atoms with Gasteiger partial charge in [0.2, 0.25) is 11.8 Å². The van der Waals surface area contributed by atoms with Crippen molar-refractivity contribution in [3.8, 4) is 0 Å². The Kier molecular flexibility index (Phi) is 6.31. The number of hydrogen-bond acceptors (Lipinski definition) is 3. The summed E-state index contributed by atoms with van der Waals surface area (Å²) in [7, 11) is 0. The minimum absolute atomic E-state index is 0.176. The maximum atomic E-state index is 12.5. The standard InChI is InChI=1S/C18H25N3O2S/c1-5-21-12(2)10-14-11-15(6-7-17(14)21)20-18(23)16(8-9-24-4)19-13(3)22/h6-7,10-11,16H,5,8-9H2,1-4H3,(H,19,22)(H,20,23)/t16-/m0/s1. The van der Waals surface area contributed by atoms with Crippen LogP contribution in [0.3, 0.4) is 0 Å². The minimum Gasteiger partial charge on any atom is -0.345 e. The zero-order valence-electron chi connectivity index (χ0n) is 14.7. The Morgan fingerprint density at radius 2 is 2.04 bits per heavy atom. The van der Waals surface area contributed by atoms with Crippen LogP contribution in [0.15, 0.2) is 24.3 Å². The van der Waals surface area contributed by atoms with Gasteiger partial charge in [-0.1, -0.05) is 0 Å². The first-order chi connectivity index (χ1) is 11.5. The maximum Gasteiger partial charge on any atom is 0.246 e. The van der Waals surface area contributed by atoms with E-state index in [1.54, 1.807) is 11.8 Å². The summed E-state index contributed by atoms with van der Waals surface area (Å²) in [5, 5.41) is 6.75. The van der Waals surface area contributed by atoms with E-state index in [4.69, 9.17) is 0 Å². The molecule has 2 N–H and O–H groups in total. The second-order valence-electron chi connectivity index (χ2n) is 5.83. The number of fused-ring (bicyclic) bond motifs is 1. The molecule has 0 aliphatic carbocycles. The monoisotopic (exact) mass is 347 g/mol. The van der Waals surface area contributed by atoms with Crippen LogP contribution >= 0.6 is 11.8 Å². The summed E-state index contributed by atoms with van der Waals surface area (Å²) in [6.45, 7) is 6.55. The molecule has 5 nitrogen and oxygen atoms in total. The largest absolute Gasteiger partial charge is 0.345 e. The Bertz CT molecular complexity index is 739. The van der Waals surface area contributed by atoms with E-state index in [1.807, 2.05) is 24.5 Å². The average Bonchev–Trinajstić information content (AvgIpc) is 2.85. The van der Waals surface area contributed by atoms with Crippen LogP contribution in [0.25, 0.3) is 10.9 Å². The zero-order chi connectivity index (χ0) is 17.7. The van der Waals surface area contributed by atoms with E-state index in [1.165, 1.54) is 12.6 Å². The lowest BCUT2D eigenvalue weighted by Gasteiger charge is -2.17. The van der Waals surface area contributed by atoms with Crippen LogP contribution < -0.4 is 10.6 Å². The predicted molar refractivity (Wildman–Crippen MR) is 102 cm³/mol. The summed E-state index contributed by atoms with van der Waals surface area (Å²) in [4.78, 5) is 23.8. The number of nitrogens with one attached hydrogen (secondary N) is 2. The lowest BCUT2D eigenvalue weighted by molar-refractivity contribution is -0.125. The molecule has 0 saturated heterocycles. The highest BCUT2D eigenvalue weighted by atomic mass is 32.2. The van der Waals surface area contributed by atoms with Gasteiger partial charge in [0.05, 0.1) is 0 Å². The zero-order valence-corrected chi connectivity index (χ0v) is 15.5. The van der Waals surface area contributed by atoms with Gasteiger partial charge in [0.1, 0.15) is 6.04 Å². The molecule has 1 heterocycles. The number of rotatable bonds is 7. The molecule has 6 heteroatoms. The van der Waals surface area contributed by atoms with Crippen LogP contribution in [0.2, 0.25) is 0 Å². The van der Waals surface area contributed by atoms with Crippen molar-refractivity contribution in [2.45, 2.75) is 39.8 Å². The SMILES string of the molecule is CCn1c(C)cc2cc(NC(=O)[C@H](CCSC)NC(C)=O)ccc21. The molecule has 0 spiro atoms. The van der Waals surface area contributed by atoms with Gasteiger partial charge in [0.25, 0.3) is 0 Å². The molecule has 1 aromatic heterocycles. The van der Waals surface area contributed by atoms with Crippen molar-refractivity contribution in [1.29, 1.82) is 0 Å². The third-order valence-corrected chi connectivity index (χ3v) is 4.64. The van der Waals surface area contributed by atoms with Crippen LogP contribution in [0.1, 0.15) is 26.0 Å². The number of amides is 2. The smallest absolute Gasteiger partial charge is 0.246 e. The van der Waals surface area contributed by atoms with Crippen molar-refractivity contribution in [2.75, 3.05) is 17.3 Å². The summed E-state index contributed by atoms with van der Waals surface area (Å²) in [5.74, 6) is 0.447. The molecule has 0 bridgehead atoms. The second-order valence-corrected chi connectivity index (χ2v) is 6.81. The molecule has 0 saturated carbocycles. The van der Waals surface area contributed by atoms with Crippen molar-refractivity contribution in [3.05, 3.63) is 30.0 Å². The number of hydrogen-bond donors (Lipinski definition) is 2. The fraction of sp³-hybridized carbons (Fsp3) is 0.444. The van der Waals surface area contributed by atoms with Crippen molar-refractivity contribution < 1.29 is 9.59 Å². The van der Waals surface area contributed by atoms with Crippen LogP contribution in [0.5, 0.6) is 0 Å². The molecule has 0 unspecified atom stereocenters. The molecule has 2 rings (SSSR count). The van der Waals surface area contributed by atoms with Gasteiger partial charge >= 0.3 is 0 Å². The lowest BCUT2D eigenvalue weighted by Crippen LogP contribution is -2.43. The van der Waals surface area contributed by atoms with Crippen LogP contribution in [-0.4, -0.2) is 34.4 Å². The topological polar surface area (TPSA) is 63.1 Å². The Hall–Kier alpha value is -1.95.